The van der Waals surface area contributed by atoms with Crippen LogP contribution < -0.4 is 0 Å². The van der Waals surface area contributed by atoms with E-state index in [-0.39, 0.29) is 0 Å². The summed E-state index contributed by atoms with van der Waals surface area (Å²) in [4.78, 5) is 11.4. The third-order valence-electron chi connectivity index (χ3n) is 2.94. The Kier molecular flexibility index (Phi) is 4.61. The van der Waals surface area contributed by atoms with Crippen LogP contribution in [0, 0.1) is 0 Å². The molecule has 0 saturated carbocycles. The fraction of sp³-hybridized carbons (Fsp3) is 0.133. The lowest BCUT2D eigenvalue weighted by molar-refractivity contribution is -0.138. The Labute approximate surface area is 125 Å². The molecule has 0 aliphatic heterocycles. The third kappa shape index (κ3) is 3.58. The van der Waals surface area contributed by atoms with E-state index in [2.05, 4.69) is 15.9 Å². The zero-order chi connectivity index (χ0) is 13.8. The van der Waals surface area contributed by atoms with Crippen molar-refractivity contribution in [2.45, 2.75) is 12.3 Å². The lowest BCUT2D eigenvalue weighted by atomic mass is 9.92. The summed E-state index contributed by atoms with van der Waals surface area (Å²) in [5.41, 5.74) is 1.62. The first-order valence-electron chi connectivity index (χ1n) is 5.79. The first-order chi connectivity index (χ1) is 9.08. The number of aliphatic carboxylic acids is 1. The molecule has 2 nitrogen and oxygen atoms in total. The standard InChI is InChI=1S/C15H12BrClO2/c16-12-7-6-11(14(17)9-12)8-13(15(18)19)10-4-2-1-3-5-10/h1-7,9,13H,8H2,(H,18,19). The smallest absolute Gasteiger partial charge is 0.311 e. The largest absolute Gasteiger partial charge is 0.481 e. The molecule has 1 N–H and O–H groups in total. The molecule has 0 bridgehead atoms. The number of hydrogen-bond acceptors (Lipinski definition) is 1. The van der Waals surface area contributed by atoms with Crippen molar-refractivity contribution >= 4 is 33.5 Å². The molecule has 2 aromatic carbocycles. The fourth-order valence-corrected chi connectivity index (χ4v) is 2.69. The molecular weight excluding hydrogens is 328 g/mol. The molecule has 0 fully saturated rings. The SMILES string of the molecule is O=C(O)C(Cc1ccc(Br)cc1Cl)c1ccccc1. The van der Waals surface area contributed by atoms with E-state index in [4.69, 9.17) is 11.6 Å². The number of benzene rings is 2. The van der Waals surface area contributed by atoms with Crippen molar-refractivity contribution in [1.29, 1.82) is 0 Å². The summed E-state index contributed by atoms with van der Waals surface area (Å²) in [5, 5.41) is 9.96. The van der Waals surface area contributed by atoms with E-state index in [1.165, 1.54) is 0 Å². The van der Waals surface area contributed by atoms with Gasteiger partial charge in [0, 0.05) is 9.50 Å². The summed E-state index contributed by atoms with van der Waals surface area (Å²) >= 11 is 9.48. The van der Waals surface area contributed by atoms with E-state index in [1.807, 2.05) is 42.5 Å². The summed E-state index contributed by atoms with van der Waals surface area (Å²) in [6.07, 6.45) is 0.380. The molecule has 4 heteroatoms. The molecule has 0 amide bonds. The maximum Gasteiger partial charge on any atom is 0.311 e. The Morgan fingerprint density at radius 2 is 1.89 bits per heavy atom. The molecule has 2 aromatic rings. The molecule has 0 aliphatic rings. The monoisotopic (exact) mass is 338 g/mol. The van der Waals surface area contributed by atoms with E-state index in [0.29, 0.717) is 11.4 Å². The number of carboxylic acids is 1. The van der Waals surface area contributed by atoms with Crippen LogP contribution in [-0.4, -0.2) is 11.1 Å². The van der Waals surface area contributed by atoms with E-state index >= 15 is 0 Å². The van der Waals surface area contributed by atoms with Crippen LogP contribution in [-0.2, 0) is 11.2 Å². The second-order valence-electron chi connectivity index (χ2n) is 4.24. The van der Waals surface area contributed by atoms with Gasteiger partial charge >= 0.3 is 5.97 Å². The van der Waals surface area contributed by atoms with Gasteiger partial charge in [0.15, 0.2) is 0 Å². The number of carbonyl (C=O) groups is 1. The van der Waals surface area contributed by atoms with Gasteiger partial charge in [0.05, 0.1) is 5.92 Å². The molecule has 0 aromatic heterocycles. The predicted octanol–water partition coefficient (Wildman–Crippen LogP) is 4.51. The molecule has 1 atom stereocenters. The molecule has 0 spiro atoms. The van der Waals surface area contributed by atoms with Gasteiger partial charge in [-0.1, -0.05) is 63.9 Å². The Morgan fingerprint density at radius 1 is 1.21 bits per heavy atom. The highest BCUT2D eigenvalue weighted by Crippen LogP contribution is 2.27. The maximum absolute atomic E-state index is 11.4. The quantitative estimate of drug-likeness (QED) is 0.889. The van der Waals surface area contributed by atoms with Crippen molar-refractivity contribution in [2.75, 3.05) is 0 Å². The van der Waals surface area contributed by atoms with E-state index in [9.17, 15) is 9.90 Å². The van der Waals surface area contributed by atoms with Crippen LogP contribution in [0.2, 0.25) is 5.02 Å². The average Bonchev–Trinajstić information content (AvgIpc) is 2.38. The van der Waals surface area contributed by atoms with Crippen molar-refractivity contribution in [3.63, 3.8) is 0 Å². The van der Waals surface area contributed by atoms with Crippen molar-refractivity contribution in [3.8, 4) is 0 Å². The average molecular weight is 340 g/mol. The highest BCUT2D eigenvalue weighted by atomic mass is 79.9. The van der Waals surface area contributed by atoms with Crippen molar-refractivity contribution in [1.82, 2.24) is 0 Å². The van der Waals surface area contributed by atoms with Gasteiger partial charge in [0.1, 0.15) is 0 Å². The Balaban J connectivity index is 2.29. The van der Waals surface area contributed by atoms with Crippen molar-refractivity contribution in [3.05, 3.63) is 69.2 Å². The summed E-state index contributed by atoms with van der Waals surface area (Å²) in [7, 11) is 0. The molecule has 2 rings (SSSR count). The Morgan fingerprint density at radius 3 is 2.47 bits per heavy atom. The maximum atomic E-state index is 11.4. The topological polar surface area (TPSA) is 37.3 Å². The number of halogens is 2. The first kappa shape index (κ1) is 14.1. The number of rotatable bonds is 4. The van der Waals surface area contributed by atoms with Crippen molar-refractivity contribution in [2.24, 2.45) is 0 Å². The minimum atomic E-state index is -0.842. The fourth-order valence-electron chi connectivity index (χ4n) is 1.94. The normalized spacial score (nSPS) is 12.1. The number of hydrogen-bond donors (Lipinski definition) is 1. The zero-order valence-corrected chi connectivity index (χ0v) is 12.4. The highest BCUT2D eigenvalue weighted by molar-refractivity contribution is 9.10. The van der Waals surface area contributed by atoms with Crippen molar-refractivity contribution < 1.29 is 9.90 Å². The molecule has 0 heterocycles. The van der Waals surface area contributed by atoms with Crippen LogP contribution in [0.15, 0.2) is 53.0 Å². The Hall–Kier alpha value is -1.32. The van der Waals surface area contributed by atoms with E-state index < -0.39 is 11.9 Å². The molecule has 0 aliphatic carbocycles. The summed E-state index contributed by atoms with van der Waals surface area (Å²) < 4.78 is 0.882. The second kappa shape index (κ2) is 6.22. The van der Waals surface area contributed by atoms with Crippen LogP contribution in [0.1, 0.15) is 17.0 Å². The van der Waals surface area contributed by atoms with Gasteiger partial charge < -0.3 is 5.11 Å². The van der Waals surface area contributed by atoms with Crippen LogP contribution in [0.5, 0.6) is 0 Å². The number of carboxylic acid groups (broad SMARTS) is 1. The van der Waals surface area contributed by atoms with Crippen LogP contribution in [0.25, 0.3) is 0 Å². The minimum Gasteiger partial charge on any atom is -0.481 e. The lowest BCUT2D eigenvalue weighted by Crippen LogP contribution is -2.14. The van der Waals surface area contributed by atoms with Crippen LogP contribution >= 0.6 is 27.5 Å². The summed E-state index contributed by atoms with van der Waals surface area (Å²) in [6.45, 7) is 0. The minimum absolute atomic E-state index is 0.380. The van der Waals surface area contributed by atoms with Crippen LogP contribution in [0.4, 0.5) is 0 Å². The van der Waals surface area contributed by atoms with Gasteiger partial charge in [-0.3, -0.25) is 4.79 Å². The van der Waals surface area contributed by atoms with Gasteiger partial charge in [0.2, 0.25) is 0 Å². The highest BCUT2D eigenvalue weighted by Gasteiger charge is 2.21. The Bertz CT molecular complexity index is 584. The molecule has 0 radical (unpaired) electrons. The van der Waals surface area contributed by atoms with Gasteiger partial charge in [-0.25, -0.2) is 0 Å². The molecule has 0 saturated heterocycles. The second-order valence-corrected chi connectivity index (χ2v) is 5.56. The van der Waals surface area contributed by atoms with Gasteiger partial charge in [-0.05, 0) is 29.7 Å². The zero-order valence-electron chi connectivity index (χ0n) is 10.0. The first-order valence-corrected chi connectivity index (χ1v) is 6.96. The van der Waals surface area contributed by atoms with E-state index in [0.717, 1.165) is 15.6 Å². The predicted molar refractivity (Wildman–Crippen MR) is 79.7 cm³/mol. The molecule has 98 valence electrons. The van der Waals surface area contributed by atoms with Gasteiger partial charge in [-0.2, -0.15) is 0 Å². The lowest BCUT2D eigenvalue weighted by Gasteiger charge is -2.14. The van der Waals surface area contributed by atoms with E-state index in [1.54, 1.807) is 6.07 Å². The van der Waals surface area contributed by atoms with Gasteiger partial charge in [0.25, 0.3) is 0 Å². The molecular formula is C15H12BrClO2. The molecule has 19 heavy (non-hydrogen) atoms. The van der Waals surface area contributed by atoms with Crippen LogP contribution in [0.3, 0.4) is 0 Å². The molecule has 1 unspecified atom stereocenters. The third-order valence-corrected chi connectivity index (χ3v) is 3.78. The summed E-state index contributed by atoms with van der Waals surface area (Å²) in [5.74, 6) is -1.43. The summed E-state index contributed by atoms with van der Waals surface area (Å²) in [6, 6.07) is 14.7. The van der Waals surface area contributed by atoms with Gasteiger partial charge in [-0.15, -0.1) is 0 Å².